The summed E-state index contributed by atoms with van der Waals surface area (Å²) in [4.78, 5) is 22.5. The second-order valence-electron chi connectivity index (χ2n) is 4.53. The number of nitro groups is 1. The van der Waals surface area contributed by atoms with Crippen LogP contribution >= 0.6 is 0 Å². The SMILES string of the molecule is Cc1ccc(NC(=O)c2cc(C)n(C)n2)c([N+](=O)[O-])c1. The molecule has 0 fully saturated rings. The quantitative estimate of drug-likeness (QED) is 0.686. The minimum Gasteiger partial charge on any atom is -0.315 e. The van der Waals surface area contributed by atoms with Crippen LogP contribution in [0.25, 0.3) is 0 Å². The fraction of sp³-hybridized carbons (Fsp3) is 0.231. The first-order valence-electron chi connectivity index (χ1n) is 5.95. The van der Waals surface area contributed by atoms with E-state index in [1.807, 2.05) is 6.92 Å². The molecule has 1 N–H and O–H groups in total. The first-order valence-corrected chi connectivity index (χ1v) is 5.95. The summed E-state index contributed by atoms with van der Waals surface area (Å²) in [5.74, 6) is -0.472. The maximum Gasteiger partial charge on any atom is 0.293 e. The fourth-order valence-electron chi connectivity index (χ4n) is 1.76. The van der Waals surface area contributed by atoms with E-state index >= 15 is 0 Å². The van der Waals surface area contributed by atoms with Crippen LogP contribution in [0.3, 0.4) is 0 Å². The topological polar surface area (TPSA) is 90.1 Å². The van der Waals surface area contributed by atoms with Crippen LogP contribution in [0.1, 0.15) is 21.7 Å². The highest BCUT2D eigenvalue weighted by Gasteiger charge is 2.18. The number of nitro benzene ring substituents is 1. The zero-order valence-electron chi connectivity index (χ0n) is 11.4. The minimum atomic E-state index is -0.522. The molecular formula is C13H14N4O3. The van der Waals surface area contributed by atoms with E-state index in [1.54, 1.807) is 30.8 Å². The van der Waals surface area contributed by atoms with Gasteiger partial charge in [0, 0.05) is 18.8 Å². The predicted molar refractivity (Wildman–Crippen MR) is 73.7 cm³/mol. The third kappa shape index (κ3) is 2.66. The fourth-order valence-corrected chi connectivity index (χ4v) is 1.76. The average molecular weight is 274 g/mol. The average Bonchev–Trinajstić information content (AvgIpc) is 2.71. The van der Waals surface area contributed by atoms with Crippen LogP contribution in [0.5, 0.6) is 0 Å². The molecule has 0 saturated heterocycles. The van der Waals surface area contributed by atoms with Crippen LogP contribution < -0.4 is 5.32 Å². The molecule has 0 aliphatic carbocycles. The Labute approximate surface area is 115 Å². The highest BCUT2D eigenvalue weighted by Crippen LogP contribution is 2.25. The molecule has 1 aromatic carbocycles. The molecule has 2 rings (SSSR count). The Morgan fingerprint density at radius 3 is 2.60 bits per heavy atom. The molecule has 7 nitrogen and oxygen atoms in total. The highest BCUT2D eigenvalue weighted by atomic mass is 16.6. The standard InChI is InChI=1S/C13H14N4O3/c1-8-4-5-10(12(6-8)17(19)20)14-13(18)11-7-9(2)16(3)15-11/h4-7H,1-3H3,(H,14,18). The highest BCUT2D eigenvalue weighted by molar-refractivity contribution is 6.04. The van der Waals surface area contributed by atoms with Gasteiger partial charge in [0.25, 0.3) is 11.6 Å². The van der Waals surface area contributed by atoms with Crippen LogP contribution in [0.15, 0.2) is 24.3 Å². The number of benzene rings is 1. The van der Waals surface area contributed by atoms with Crippen molar-refractivity contribution in [3.05, 3.63) is 51.3 Å². The number of aromatic nitrogens is 2. The van der Waals surface area contributed by atoms with E-state index in [0.717, 1.165) is 11.3 Å². The summed E-state index contributed by atoms with van der Waals surface area (Å²) in [5, 5.41) is 17.5. The lowest BCUT2D eigenvalue weighted by Crippen LogP contribution is -2.14. The maximum atomic E-state index is 12.0. The van der Waals surface area contributed by atoms with Crippen molar-refractivity contribution in [3.8, 4) is 0 Å². The van der Waals surface area contributed by atoms with Gasteiger partial charge in [-0.25, -0.2) is 0 Å². The van der Waals surface area contributed by atoms with E-state index < -0.39 is 10.8 Å². The number of hydrogen-bond donors (Lipinski definition) is 1. The van der Waals surface area contributed by atoms with Gasteiger partial charge in [-0.3, -0.25) is 19.6 Å². The first kappa shape index (κ1) is 13.7. The van der Waals surface area contributed by atoms with Crippen molar-refractivity contribution in [1.29, 1.82) is 0 Å². The van der Waals surface area contributed by atoms with E-state index in [2.05, 4.69) is 10.4 Å². The maximum absolute atomic E-state index is 12.0. The first-order chi connectivity index (χ1) is 9.38. The van der Waals surface area contributed by atoms with Gasteiger partial charge in [-0.2, -0.15) is 5.10 Å². The summed E-state index contributed by atoms with van der Waals surface area (Å²) in [6.45, 7) is 3.57. The molecule has 0 aliphatic rings. The van der Waals surface area contributed by atoms with Crippen LogP contribution in [0.4, 0.5) is 11.4 Å². The Morgan fingerprint density at radius 2 is 2.05 bits per heavy atom. The Bertz CT molecular complexity index is 671. The van der Waals surface area contributed by atoms with E-state index in [4.69, 9.17) is 0 Å². The summed E-state index contributed by atoms with van der Waals surface area (Å²) in [6.07, 6.45) is 0. The van der Waals surface area contributed by atoms with Crippen molar-refractivity contribution in [2.24, 2.45) is 7.05 Å². The number of carbonyl (C=O) groups is 1. The van der Waals surface area contributed by atoms with Gasteiger partial charge in [-0.05, 0) is 31.5 Å². The lowest BCUT2D eigenvalue weighted by atomic mass is 10.2. The number of anilines is 1. The molecule has 1 aromatic heterocycles. The molecule has 1 heterocycles. The molecule has 0 unspecified atom stereocenters. The second kappa shape index (κ2) is 5.12. The Morgan fingerprint density at radius 1 is 1.35 bits per heavy atom. The molecule has 0 bridgehead atoms. The summed E-state index contributed by atoms with van der Waals surface area (Å²) in [5.41, 5.74) is 1.83. The van der Waals surface area contributed by atoms with Gasteiger partial charge in [0.2, 0.25) is 0 Å². The number of amides is 1. The normalized spacial score (nSPS) is 10.3. The van der Waals surface area contributed by atoms with E-state index in [9.17, 15) is 14.9 Å². The van der Waals surface area contributed by atoms with Gasteiger partial charge >= 0.3 is 0 Å². The van der Waals surface area contributed by atoms with E-state index in [0.29, 0.717) is 0 Å². The Balaban J connectivity index is 2.30. The largest absolute Gasteiger partial charge is 0.315 e. The number of carbonyl (C=O) groups excluding carboxylic acids is 1. The van der Waals surface area contributed by atoms with Crippen molar-refractivity contribution in [1.82, 2.24) is 9.78 Å². The Hall–Kier alpha value is -2.70. The van der Waals surface area contributed by atoms with E-state index in [1.165, 1.54) is 12.1 Å². The minimum absolute atomic E-state index is 0.133. The van der Waals surface area contributed by atoms with Gasteiger partial charge in [0.05, 0.1) is 4.92 Å². The molecule has 1 amide bonds. The number of rotatable bonds is 3. The third-order valence-corrected chi connectivity index (χ3v) is 2.94. The molecule has 0 aliphatic heterocycles. The molecule has 0 spiro atoms. The van der Waals surface area contributed by atoms with Crippen molar-refractivity contribution >= 4 is 17.3 Å². The van der Waals surface area contributed by atoms with Crippen molar-refractivity contribution in [3.63, 3.8) is 0 Å². The van der Waals surface area contributed by atoms with Crippen LogP contribution in [-0.4, -0.2) is 20.6 Å². The number of aryl methyl sites for hydroxylation is 3. The number of nitrogens with zero attached hydrogens (tertiary/aromatic N) is 3. The van der Waals surface area contributed by atoms with Crippen molar-refractivity contribution in [2.45, 2.75) is 13.8 Å². The smallest absolute Gasteiger partial charge is 0.293 e. The molecule has 104 valence electrons. The zero-order valence-corrected chi connectivity index (χ0v) is 11.4. The summed E-state index contributed by atoms with van der Waals surface area (Å²) < 4.78 is 1.57. The van der Waals surface area contributed by atoms with Gasteiger partial charge in [0.1, 0.15) is 5.69 Å². The molecular weight excluding hydrogens is 260 g/mol. The second-order valence-corrected chi connectivity index (χ2v) is 4.53. The van der Waals surface area contributed by atoms with Crippen LogP contribution in [0, 0.1) is 24.0 Å². The monoisotopic (exact) mass is 274 g/mol. The number of hydrogen-bond acceptors (Lipinski definition) is 4. The van der Waals surface area contributed by atoms with Gasteiger partial charge in [0.15, 0.2) is 5.69 Å². The van der Waals surface area contributed by atoms with Crippen LogP contribution in [-0.2, 0) is 7.05 Å². The Kier molecular flexibility index (Phi) is 3.51. The van der Waals surface area contributed by atoms with Gasteiger partial charge < -0.3 is 5.32 Å². The lowest BCUT2D eigenvalue weighted by Gasteiger charge is -2.05. The summed E-state index contributed by atoms with van der Waals surface area (Å²) in [7, 11) is 1.72. The van der Waals surface area contributed by atoms with Crippen molar-refractivity contribution < 1.29 is 9.72 Å². The molecule has 20 heavy (non-hydrogen) atoms. The molecule has 2 aromatic rings. The summed E-state index contributed by atoms with van der Waals surface area (Å²) >= 11 is 0. The van der Waals surface area contributed by atoms with Crippen molar-refractivity contribution in [2.75, 3.05) is 5.32 Å². The summed E-state index contributed by atoms with van der Waals surface area (Å²) in [6, 6.07) is 6.25. The van der Waals surface area contributed by atoms with Gasteiger partial charge in [-0.15, -0.1) is 0 Å². The molecule has 0 saturated carbocycles. The predicted octanol–water partition coefficient (Wildman–Crippen LogP) is 2.20. The molecule has 0 radical (unpaired) electrons. The molecule has 0 atom stereocenters. The van der Waals surface area contributed by atoms with Gasteiger partial charge in [-0.1, -0.05) is 6.07 Å². The number of nitrogens with one attached hydrogen (secondary N) is 1. The zero-order chi connectivity index (χ0) is 14.9. The molecule has 7 heteroatoms. The van der Waals surface area contributed by atoms with Crippen LogP contribution in [0.2, 0.25) is 0 Å². The lowest BCUT2D eigenvalue weighted by molar-refractivity contribution is -0.384. The van der Waals surface area contributed by atoms with E-state index in [-0.39, 0.29) is 17.1 Å². The third-order valence-electron chi connectivity index (χ3n) is 2.94.